The maximum atomic E-state index is 11.3. The lowest BCUT2D eigenvalue weighted by Crippen LogP contribution is -2.16. The Morgan fingerprint density at radius 1 is 1.41 bits per heavy atom. The van der Waals surface area contributed by atoms with E-state index in [0.29, 0.717) is 18.0 Å². The summed E-state index contributed by atoms with van der Waals surface area (Å²) in [6, 6.07) is 7.05. The zero-order valence-corrected chi connectivity index (χ0v) is 10.7. The van der Waals surface area contributed by atoms with Gasteiger partial charge in [0.1, 0.15) is 12.4 Å². The van der Waals surface area contributed by atoms with E-state index in [1.165, 1.54) is 0 Å². The summed E-state index contributed by atoms with van der Waals surface area (Å²) in [5, 5.41) is 0. The summed E-state index contributed by atoms with van der Waals surface area (Å²) in [4.78, 5) is 11.3. The maximum absolute atomic E-state index is 11.3. The standard InChI is InChI=1S/C12H17NO3S/c1-2-17-8-7-15-12(14)9-16-11-6-4-3-5-10(11)13/h3-6H,2,7-9,13H2,1H3. The van der Waals surface area contributed by atoms with Crippen molar-refractivity contribution in [3.05, 3.63) is 24.3 Å². The van der Waals surface area contributed by atoms with E-state index in [1.54, 1.807) is 30.0 Å². The predicted octanol–water partition coefficient (Wildman–Crippen LogP) is 1.94. The molecule has 17 heavy (non-hydrogen) atoms. The van der Waals surface area contributed by atoms with Crippen LogP contribution in [-0.2, 0) is 9.53 Å². The van der Waals surface area contributed by atoms with Crippen molar-refractivity contribution in [2.75, 3.05) is 30.5 Å². The third-order valence-corrected chi connectivity index (χ3v) is 2.82. The minimum absolute atomic E-state index is 0.106. The second-order valence-electron chi connectivity index (χ2n) is 3.24. The van der Waals surface area contributed by atoms with E-state index in [4.69, 9.17) is 15.2 Å². The Kier molecular flexibility index (Phi) is 6.32. The summed E-state index contributed by atoms with van der Waals surface area (Å²) in [7, 11) is 0. The van der Waals surface area contributed by atoms with Crippen LogP contribution in [0.1, 0.15) is 6.92 Å². The Bertz CT molecular complexity index is 357. The molecule has 4 nitrogen and oxygen atoms in total. The molecule has 0 saturated heterocycles. The molecule has 0 spiro atoms. The van der Waals surface area contributed by atoms with Crippen molar-refractivity contribution < 1.29 is 14.3 Å². The molecule has 1 aromatic rings. The number of nitrogen functional groups attached to an aromatic ring is 1. The summed E-state index contributed by atoms with van der Waals surface area (Å²) >= 11 is 1.73. The van der Waals surface area contributed by atoms with Crippen LogP contribution in [0, 0.1) is 0 Å². The smallest absolute Gasteiger partial charge is 0.344 e. The van der Waals surface area contributed by atoms with Crippen molar-refractivity contribution in [2.24, 2.45) is 0 Å². The van der Waals surface area contributed by atoms with Gasteiger partial charge in [-0.3, -0.25) is 0 Å². The number of nitrogens with two attached hydrogens (primary N) is 1. The molecule has 1 rings (SSSR count). The van der Waals surface area contributed by atoms with Crippen molar-refractivity contribution in [1.29, 1.82) is 0 Å². The Morgan fingerprint density at radius 3 is 2.88 bits per heavy atom. The van der Waals surface area contributed by atoms with Crippen molar-refractivity contribution in [3.8, 4) is 5.75 Å². The number of hydrogen-bond acceptors (Lipinski definition) is 5. The minimum Gasteiger partial charge on any atom is -0.480 e. The molecule has 94 valence electrons. The Morgan fingerprint density at radius 2 is 2.18 bits per heavy atom. The number of carbonyl (C=O) groups is 1. The first-order chi connectivity index (χ1) is 8.24. The van der Waals surface area contributed by atoms with Gasteiger partial charge in [-0.1, -0.05) is 19.1 Å². The predicted molar refractivity (Wildman–Crippen MR) is 70.3 cm³/mol. The zero-order chi connectivity index (χ0) is 12.5. The van der Waals surface area contributed by atoms with Gasteiger partial charge in [0.2, 0.25) is 0 Å². The van der Waals surface area contributed by atoms with Gasteiger partial charge < -0.3 is 15.2 Å². The maximum Gasteiger partial charge on any atom is 0.344 e. The molecule has 0 fully saturated rings. The van der Waals surface area contributed by atoms with Crippen molar-refractivity contribution in [1.82, 2.24) is 0 Å². The number of esters is 1. The van der Waals surface area contributed by atoms with Gasteiger partial charge in [-0.25, -0.2) is 4.79 Å². The summed E-state index contributed by atoms with van der Waals surface area (Å²) in [6.45, 7) is 2.38. The topological polar surface area (TPSA) is 61.5 Å². The number of para-hydroxylation sites is 2. The average Bonchev–Trinajstić information content (AvgIpc) is 2.34. The fourth-order valence-electron chi connectivity index (χ4n) is 1.15. The lowest BCUT2D eigenvalue weighted by atomic mass is 10.3. The third-order valence-electron chi connectivity index (χ3n) is 1.96. The van der Waals surface area contributed by atoms with E-state index in [1.807, 2.05) is 6.07 Å². The normalized spacial score (nSPS) is 9.94. The number of ether oxygens (including phenoxy) is 2. The molecule has 0 bridgehead atoms. The van der Waals surface area contributed by atoms with Gasteiger partial charge in [-0.2, -0.15) is 11.8 Å². The molecule has 0 amide bonds. The average molecular weight is 255 g/mol. The highest BCUT2D eigenvalue weighted by Gasteiger charge is 2.05. The van der Waals surface area contributed by atoms with Gasteiger partial charge in [0, 0.05) is 5.75 Å². The van der Waals surface area contributed by atoms with E-state index in [-0.39, 0.29) is 12.6 Å². The van der Waals surface area contributed by atoms with E-state index in [9.17, 15) is 4.79 Å². The monoisotopic (exact) mass is 255 g/mol. The van der Waals surface area contributed by atoms with Gasteiger partial charge in [-0.15, -0.1) is 0 Å². The molecule has 0 unspecified atom stereocenters. The fraction of sp³-hybridized carbons (Fsp3) is 0.417. The van der Waals surface area contributed by atoms with Crippen molar-refractivity contribution >= 4 is 23.4 Å². The van der Waals surface area contributed by atoms with Crippen LogP contribution in [0.4, 0.5) is 5.69 Å². The SMILES string of the molecule is CCSCCOC(=O)COc1ccccc1N. The van der Waals surface area contributed by atoms with Crippen LogP contribution in [0.5, 0.6) is 5.75 Å². The number of rotatable bonds is 7. The minimum atomic E-state index is -0.370. The molecule has 0 radical (unpaired) electrons. The Labute approximate surface area is 105 Å². The molecule has 0 aliphatic heterocycles. The first-order valence-corrected chi connectivity index (χ1v) is 6.60. The molecule has 0 saturated carbocycles. The van der Waals surface area contributed by atoms with Crippen LogP contribution < -0.4 is 10.5 Å². The van der Waals surface area contributed by atoms with E-state index in [2.05, 4.69) is 6.92 Å². The van der Waals surface area contributed by atoms with Crippen LogP contribution in [-0.4, -0.2) is 30.7 Å². The molecule has 0 aliphatic carbocycles. The first-order valence-electron chi connectivity index (χ1n) is 5.44. The van der Waals surface area contributed by atoms with Crippen molar-refractivity contribution in [2.45, 2.75) is 6.92 Å². The van der Waals surface area contributed by atoms with E-state index in [0.717, 1.165) is 11.5 Å². The molecule has 0 aliphatic rings. The molecular formula is C12H17NO3S. The fourth-order valence-corrected chi connectivity index (χ4v) is 1.64. The van der Waals surface area contributed by atoms with Crippen LogP contribution in [0.15, 0.2) is 24.3 Å². The van der Waals surface area contributed by atoms with Crippen LogP contribution in [0.2, 0.25) is 0 Å². The Balaban J connectivity index is 2.22. The van der Waals surface area contributed by atoms with E-state index < -0.39 is 0 Å². The summed E-state index contributed by atoms with van der Waals surface area (Å²) < 4.78 is 10.2. The lowest BCUT2D eigenvalue weighted by molar-refractivity contribution is -0.145. The van der Waals surface area contributed by atoms with Gasteiger partial charge in [0.15, 0.2) is 6.61 Å². The quantitative estimate of drug-likeness (QED) is 0.458. The lowest BCUT2D eigenvalue weighted by Gasteiger charge is -2.08. The number of hydrogen-bond donors (Lipinski definition) is 1. The highest BCUT2D eigenvalue weighted by atomic mass is 32.2. The Hall–Kier alpha value is -1.36. The zero-order valence-electron chi connectivity index (χ0n) is 9.85. The summed E-state index contributed by atoms with van der Waals surface area (Å²) in [5.74, 6) is 1.97. The van der Waals surface area contributed by atoms with Crippen molar-refractivity contribution in [3.63, 3.8) is 0 Å². The molecule has 1 aromatic carbocycles. The largest absolute Gasteiger partial charge is 0.480 e. The highest BCUT2D eigenvalue weighted by molar-refractivity contribution is 7.99. The number of carbonyl (C=O) groups excluding carboxylic acids is 1. The molecule has 5 heteroatoms. The van der Waals surface area contributed by atoms with Crippen LogP contribution in [0.25, 0.3) is 0 Å². The summed E-state index contributed by atoms with van der Waals surface area (Å²) in [5.41, 5.74) is 6.18. The molecular weight excluding hydrogens is 238 g/mol. The number of benzene rings is 1. The molecule has 2 N–H and O–H groups in total. The van der Waals surface area contributed by atoms with Gasteiger partial charge in [-0.05, 0) is 17.9 Å². The third kappa shape index (κ3) is 5.49. The van der Waals surface area contributed by atoms with Gasteiger partial charge in [0.05, 0.1) is 5.69 Å². The second kappa shape index (κ2) is 7.84. The van der Waals surface area contributed by atoms with Crippen LogP contribution >= 0.6 is 11.8 Å². The molecule has 0 atom stereocenters. The highest BCUT2D eigenvalue weighted by Crippen LogP contribution is 2.19. The summed E-state index contributed by atoms with van der Waals surface area (Å²) in [6.07, 6.45) is 0. The van der Waals surface area contributed by atoms with E-state index >= 15 is 0 Å². The van der Waals surface area contributed by atoms with Crippen LogP contribution in [0.3, 0.4) is 0 Å². The second-order valence-corrected chi connectivity index (χ2v) is 4.64. The first kappa shape index (κ1) is 13.7. The number of thioether (sulfide) groups is 1. The van der Waals surface area contributed by atoms with Gasteiger partial charge in [0.25, 0.3) is 0 Å². The molecule has 0 aromatic heterocycles. The van der Waals surface area contributed by atoms with Gasteiger partial charge >= 0.3 is 5.97 Å². The molecule has 0 heterocycles. The number of anilines is 1.